The first-order valence-corrected chi connectivity index (χ1v) is 9.57. The predicted octanol–water partition coefficient (Wildman–Crippen LogP) is 1.38. The van der Waals surface area contributed by atoms with Crippen molar-refractivity contribution in [3.8, 4) is 5.75 Å². The molecule has 31 heavy (non-hydrogen) atoms. The molecule has 156 valence electrons. The van der Waals surface area contributed by atoms with Crippen LogP contribution in [0.4, 0.5) is 17.1 Å². The van der Waals surface area contributed by atoms with Crippen LogP contribution >= 0.6 is 23.2 Å². The number of para-hydroxylation sites is 2. The maximum Gasteiger partial charge on any atom is 1.00 e. The molecule has 0 saturated carbocycles. The first-order valence-electron chi connectivity index (χ1n) is 8.81. The second-order valence-electron chi connectivity index (χ2n) is 6.16. The molecule has 0 bridgehead atoms. The Morgan fingerprint density at radius 3 is 2.06 bits per heavy atom. The Morgan fingerprint density at radius 1 is 0.935 bits per heavy atom. The minimum atomic E-state index is -1.14. The van der Waals surface area contributed by atoms with E-state index in [0.717, 1.165) is 0 Å². The molecule has 3 rings (SSSR count). The van der Waals surface area contributed by atoms with Gasteiger partial charge < -0.3 is 25.6 Å². The number of halogens is 2. The van der Waals surface area contributed by atoms with Gasteiger partial charge >= 0.3 is 51.4 Å². The van der Waals surface area contributed by atoms with Crippen LogP contribution in [-0.4, -0.2) is 17.0 Å². The van der Waals surface area contributed by atoms with Crippen LogP contribution in [0.15, 0.2) is 66.7 Å². The van der Waals surface area contributed by atoms with Crippen molar-refractivity contribution in [1.82, 2.24) is 0 Å². The minimum Gasteiger partial charge on any atom is -0.550 e. The van der Waals surface area contributed by atoms with Crippen molar-refractivity contribution >= 4 is 52.1 Å². The fourth-order valence-electron chi connectivity index (χ4n) is 2.45. The van der Waals surface area contributed by atoms with Gasteiger partial charge in [-0.1, -0.05) is 47.5 Å². The molecule has 9 heteroatoms. The molecular formula is C22H19Cl2KN2O4. The van der Waals surface area contributed by atoms with Gasteiger partial charge in [-0.2, -0.15) is 0 Å². The van der Waals surface area contributed by atoms with Gasteiger partial charge in [0.2, 0.25) is 5.91 Å². The largest absolute Gasteiger partial charge is 1.00 e. The quantitative estimate of drug-likeness (QED) is 0.375. The van der Waals surface area contributed by atoms with Crippen molar-refractivity contribution in [3.05, 3.63) is 82.3 Å². The zero-order valence-electron chi connectivity index (χ0n) is 17.0. The summed E-state index contributed by atoms with van der Waals surface area (Å²) in [5.41, 5.74) is 2.49. The fraction of sp³-hybridized carbons (Fsp3) is 0.0909. The van der Waals surface area contributed by atoms with Crippen LogP contribution in [0.1, 0.15) is 12.5 Å². The van der Waals surface area contributed by atoms with E-state index in [1.807, 2.05) is 0 Å². The van der Waals surface area contributed by atoms with Gasteiger partial charge in [-0.05, 0) is 48.0 Å². The number of benzene rings is 3. The summed E-state index contributed by atoms with van der Waals surface area (Å²) in [6.07, 6.45) is -0.175. The molecule has 3 N–H and O–H groups in total. The average molecular weight is 485 g/mol. The van der Waals surface area contributed by atoms with Crippen molar-refractivity contribution in [1.29, 1.82) is 0 Å². The van der Waals surface area contributed by atoms with Crippen molar-refractivity contribution in [2.45, 2.75) is 13.3 Å². The smallest absolute Gasteiger partial charge is 0.550 e. The number of phenolic OH excluding ortho intramolecular Hbond substituents is 1. The van der Waals surface area contributed by atoms with Gasteiger partial charge in [-0.25, -0.2) is 0 Å². The Morgan fingerprint density at radius 2 is 1.52 bits per heavy atom. The standard InChI is InChI=1S/C14H11Cl2NO2.C8H9NO2.K/c15-10-5-3-6-11(16)14(10)17-12-7-2-1-4-9(12)8-13(18)19;1-6(10)9-7-2-4-8(11)5-3-7;/h1-7,17H,8H2,(H,18,19);2-5,11H,1H3,(H,9,10);/q;;+1/p-1. The van der Waals surface area contributed by atoms with Crippen molar-refractivity contribution < 1.29 is 71.2 Å². The number of hydrogen-bond acceptors (Lipinski definition) is 5. The third-order valence-electron chi connectivity index (χ3n) is 3.76. The molecular weight excluding hydrogens is 466 g/mol. The van der Waals surface area contributed by atoms with Crippen molar-refractivity contribution in [2.75, 3.05) is 10.6 Å². The summed E-state index contributed by atoms with van der Waals surface area (Å²) in [7, 11) is 0. The van der Waals surface area contributed by atoms with E-state index in [0.29, 0.717) is 32.7 Å². The zero-order valence-corrected chi connectivity index (χ0v) is 21.6. The number of carboxylic acid groups (broad SMARTS) is 1. The summed E-state index contributed by atoms with van der Waals surface area (Å²) in [5, 5.41) is 26.2. The van der Waals surface area contributed by atoms with Crippen LogP contribution in [-0.2, 0) is 16.0 Å². The molecule has 0 aromatic heterocycles. The van der Waals surface area contributed by atoms with E-state index in [2.05, 4.69) is 10.6 Å². The number of aliphatic carboxylic acids is 1. The third-order valence-corrected chi connectivity index (χ3v) is 4.39. The van der Waals surface area contributed by atoms with E-state index in [1.54, 1.807) is 54.6 Å². The van der Waals surface area contributed by atoms with Gasteiger partial charge in [-0.15, -0.1) is 0 Å². The Kier molecular flexibility index (Phi) is 12.2. The Labute approximate surface area is 233 Å². The molecule has 3 aromatic rings. The zero-order chi connectivity index (χ0) is 22.1. The summed E-state index contributed by atoms with van der Waals surface area (Å²) in [6.45, 7) is 1.44. The monoisotopic (exact) mass is 484 g/mol. The maximum atomic E-state index is 10.7. The van der Waals surface area contributed by atoms with Gasteiger partial charge in [0.25, 0.3) is 0 Å². The Hall–Kier alpha value is -1.58. The van der Waals surface area contributed by atoms with Gasteiger partial charge in [0.05, 0.1) is 15.7 Å². The summed E-state index contributed by atoms with van der Waals surface area (Å²) in [6, 6.07) is 18.5. The van der Waals surface area contributed by atoms with E-state index in [1.165, 1.54) is 19.1 Å². The fourth-order valence-corrected chi connectivity index (χ4v) is 2.94. The number of amides is 1. The minimum absolute atomic E-state index is 0. The van der Waals surface area contributed by atoms with Crippen LogP contribution in [0.3, 0.4) is 0 Å². The first-order chi connectivity index (χ1) is 14.3. The van der Waals surface area contributed by atoms with E-state index in [9.17, 15) is 14.7 Å². The molecule has 0 spiro atoms. The Bertz CT molecular complexity index is 1010. The molecule has 0 atom stereocenters. The number of carbonyl (C=O) groups excluding carboxylic acids is 2. The van der Waals surface area contributed by atoms with Crippen LogP contribution < -0.4 is 67.1 Å². The molecule has 3 aromatic carbocycles. The van der Waals surface area contributed by atoms with Crippen LogP contribution in [0.25, 0.3) is 0 Å². The summed E-state index contributed by atoms with van der Waals surface area (Å²) < 4.78 is 0. The van der Waals surface area contributed by atoms with Crippen LogP contribution in [0.5, 0.6) is 5.75 Å². The number of phenols is 1. The SMILES string of the molecule is CC(=O)Nc1ccc(O)cc1.O=C([O-])Cc1ccccc1Nc1c(Cl)cccc1Cl.[K+]. The number of aromatic hydroxyl groups is 1. The number of hydrogen-bond donors (Lipinski definition) is 3. The Balaban J connectivity index is 0.000000344. The molecule has 6 nitrogen and oxygen atoms in total. The van der Waals surface area contributed by atoms with E-state index in [4.69, 9.17) is 28.3 Å². The molecule has 0 saturated heterocycles. The number of nitrogens with one attached hydrogen (secondary N) is 2. The predicted molar refractivity (Wildman–Crippen MR) is 117 cm³/mol. The van der Waals surface area contributed by atoms with Crippen LogP contribution in [0, 0.1) is 0 Å². The number of carbonyl (C=O) groups is 2. The molecule has 0 aliphatic carbocycles. The van der Waals surface area contributed by atoms with E-state index in [-0.39, 0.29) is 69.5 Å². The number of rotatable bonds is 5. The second kappa shape index (κ2) is 13.7. The number of anilines is 3. The normalized spacial score (nSPS) is 9.52. The molecule has 0 fully saturated rings. The van der Waals surface area contributed by atoms with Crippen molar-refractivity contribution in [2.24, 2.45) is 0 Å². The molecule has 0 aliphatic rings. The molecule has 0 unspecified atom stereocenters. The first kappa shape index (κ1) is 27.5. The van der Waals surface area contributed by atoms with E-state index >= 15 is 0 Å². The third kappa shape index (κ3) is 9.61. The van der Waals surface area contributed by atoms with Crippen molar-refractivity contribution in [3.63, 3.8) is 0 Å². The van der Waals surface area contributed by atoms with Gasteiger partial charge in [0.1, 0.15) is 5.75 Å². The molecule has 0 radical (unpaired) electrons. The molecule has 0 aliphatic heterocycles. The molecule has 0 heterocycles. The number of carboxylic acids is 1. The van der Waals surface area contributed by atoms with Gasteiger partial charge in [0, 0.05) is 30.7 Å². The summed E-state index contributed by atoms with van der Waals surface area (Å²) in [5.74, 6) is -1.06. The van der Waals surface area contributed by atoms with Crippen LogP contribution in [0.2, 0.25) is 10.0 Å². The molecule has 1 amide bonds. The van der Waals surface area contributed by atoms with E-state index < -0.39 is 5.97 Å². The second-order valence-corrected chi connectivity index (χ2v) is 6.97. The topological polar surface area (TPSA) is 101 Å². The summed E-state index contributed by atoms with van der Waals surface area (Å²) >= 11 is 12.1. The van der Waals surface area contributed by atoms with Gasteiger partial charge in [-0.3, -0.25) is 4.79 Å². The maximum absolute atomic E-state index is 10.7. The summed E-state index contributed by atoms with van der Waals surface area (Å²) in [4.78, 5) is 21.2. The van der Waals surface area contributed by atoms with Gasteiger partial charge in [0.15, 0.2) is 0 Å². The average Bonchev–Trinajstić information content (AvgIpc) is 2.68.